The van der Waals surface area contributed by atoms with Crippen molar-refractivity contribution in [2.24, 2.45) is 5.92 Å². The largest absolute Gasteiger partial charge is 0.355 e. The van der Waals surface area contributed by atoms with Gasteiger partial charge in [-0.15, -0.1) is 0 Å². The Morgan fingerprint density at radius 1 is 1.35 bits per heavy atom. The zero-order chi connectivity index (χ0) is 14.5. The van der Waals surface area contributed by atoms with E-state index in [0.717, 1.165) is 25.8 Å². The second-order valence-corrected chi connectivity index (χ2v) is 5.91. The Morgan fingerprint density at radius 3 is 2.85 bits per heavy atom. The number of hydrogen-bond acceptors (Lipinski definition) is 2. The van der Waals surface area contributed by atoms with Gasteiger partial charge < -0.3 is 10.6 Å². The Bertz CT molecular complexity index is 470. The summed E-state index contributed by atoms with van der Waals surface area (Å²) < 4.78 is 0. The first-order valence-corrected chi connectivity index (χ1v) is 7.67. The number of amides is 1. The fourth-order valence-corrected chi connectivity index (χ4v) is 2.94. The maximum absolute atomic E-state index is 11.9. The minimum absolute atomic E-state index is 0.0137. The van der Waals surface area contributed by atoms with Crippen LogP contribution in [0, 0.1) is 19.8 Å². The van der Waals surface area contributed by atoms with Crippen LogP contribution in [0.1, 0.15) is 36.5 Å². The van der Waals surface area contributed by atoms with Gasteiger partial charge in [0, 0.05) is 6.54 Å². The van der Waals surface area contributed by atoms with Crippen molar-refractivity contribution in [1.29, 1.82) is 0 Å². The highest BCUT2D eigenvalue weighted by atomic mass is 16.2. The SMILES string of the molecule is CCNC(=O)C1CC(Cc2ccc(C)c(C)c2)CCN1. The Labute approximate surface area is 122 Å². The molecule has 0 bridgehead atoms. The molecule has 3 nitrogen and oxygen atoms in total. The van der Waals surface area contributed by atoms with Crippen LogP contribution in [0.25, 0.3) is 0 Å². The van der Waals surface area contributed by atoms with Crippen LogP contribution in [0.2, 0.25) is 0 Å². The molecule has 1 aliphatic rings. The summed E-state index contributed by atoms with van der Waals surface area (Å²) in [5.41, 5.74) is 4.10. The van der Waals surface area contributed by atoms with Crippen LogP contribution in [0.5, 0.6) is 0 Å². The maximum atomic E-state index is 11.9. The number of aryl methyl sites for hydroxylation is 2. The fraction of sp³-hybridized carbons (Fsp3) is 0.588. The topological polar surface area (TPSA) is 41.1 Å². The molecule has 2 atom stereocenters. The molecule has 1 heterocycles. The smallest absolute Gasteiger partial charge is 0.237 e. The minimum atomic E-state index is -0.0137. The standard InChI is InChI=1S/C17H26N2O/c1-4-18-17(20)16-11-15(7-8-19-16)10-14-6-5-12(2)13(3)9-14/h5-6,9,15-16,19H,4,7-8,10-11H2,1-3H3,(H,18,20). The molecule has 0 saturated carbocycles. The number of rotatable bonds is 4. The maximum Gasteiger partial charge on any atom is 0.237 e. The van der Waals surface area contributed by atoms with Crippen molar-refractivity contribution in [3.63, 3.8) is 0 Å². The molecule has 0 aromatic heterocycles. The van der Waals surface area contributed by atoms with Gasteiger partial charge in [-0.3, -0.25) is 4.79 Å². The molecule has 3 heteroatoms. The number of benzene rings is 1. The Kier molecular flexibility index (Phi) is 5.18. The highest BCUT2D eigenvalue weighted by molar-refractivity contribution is 5.81. The third-order valence-electron chi connectivity index (χ3n) is 4.28. The monoisotopic (exact) mass is 274 g/mol. The Balaban J connectivity index is 1.95. The second-order valence-electron chi connectivity index (χ2n) is 5.91. The van der Waals surface area contributed by atoms with E-state index in [1.54, 1.807) is 0 Å². The van der Waals surface area contributed by atoms with Crippen molar-refractivity contribution in [3.8, 4) is 0 Å². The predicted octanol–water partition coefficient (Wildman–Crippen LogP) is 2.35. The molecule has 1 aliphatic heterocycles. The van der Waals surface area contributed by atoms with E-state index in [4.69, 9.17) is 0 Å². The van der Waals surface area contributed by atoms with Crippen LogP contribution in [0.15, 0.2) is 18.2 Å². The highest BCUT2D eigenvalue weighted by Gasteiger charge is 2.26. The van der Waals surface area contributed by atoms with Crippen molar-refractivity contribution in [3.05, 3.63) is 34.9 Å². The van der Waals surface area contributed by atoms with E-state index in [-0.39, 0.29) is 11.9 Å². The normalized spacial score (nSPS) is 22.6. The van der Waals surface area contributed by atoms with Gasteiger partial charge in [-0.2, -0.15) is 0 Å². The fourth-order valence-electron chi connectivity index (χ4n) is 2.94. The van der Waals surface area contributed by atoms with Crippen LogP contribution >= 0.6 is 0 Å². The van der Waals surface area contributed by atoms with E-state index in [1.165, 1.54) is 16.7 Å². The van der Waals surface area contributed by atoms with Crippen molar-refractivity contribution >= 4 is 5.91 Å². The number of carbonyl (C=O) groups is 1. The summed E-state index contributed by atoms with van der Waals surface area (Å²) in [7, 11) is 0. The van der Waals surface area contributed by atoms with Gasteiger partial charge in [0.1, 0.15) is 0 Å². The number of likely N-dealkylation sites (N-methyl/N-ethyl adjacent to an activating group) is 1. The highest BCUT2D eigenvalue weighted by Crippen LogP contribution is 2.22. The average Bonchev–Trinajstić information content (AvgIpc) is 2.43. The summed E-state index contributed by atoms with van der Waals surface area (Å²) in [6, 6.07) is 6.71. The van der Waals surface area contributed by atoms with Crippen molar-refractivity contribution in [2.45, 2.75) is 46.1 Å². The summed E-state index contributed by atoms with van der Waals surface area (Å²) >= 11 is 0. The van der Waals surface area contributed by atoms with Crippen LogP contribution in [0.3, 0.4) is 0 Å². The molecule has 1 amide bonds. The van der Waals surface area contributed by atoms with Gasteiger partial charge in [0.05, 0.1) is 6.04 Å². The van der Waals surface area contributed by atoms with Crippen LogP contribution < -0.4 is 10.6 Å². The predicted molar refractivity (Wildman–Crippen MR) is 82.8 cm³/mol. The zero-order valence-corrected chi connectivity index (χ0v) is 12.8. The second kappa shape index (κ2) is 6.89. The molecule has 1 aromatic carbocycles. The molecule has 0 aliphatic carbocycles. The first-order valence-electron chi connectivity index (χ1n) is 7.67. The van der Waals surface area contributed by atoms with Gasteiger partial charge in [-0.05, 0) is 69.2 Å². The molecule has 1 fully saturated rings. The molecular weight excluding hydrogens is 248 g/mol. The first kappa shape index (κ1) is 15.0. The molecule has 2 N–H and O–H groups in total. The van der Waals surface area contributed by atoms with Crippen LogP contribution in [-0.4, -0.2) is 25.0 Å². The van der Waals surface area contributed by atoms with Crippen molar-refractivity contribution in [2.75, 3.05) is 13.1 Å². The molecular formula is C17H26N2O. The molecule has 2 rings (SSSR count). The third-order valence-corrected chi connectivity index (χ3v) is 4.28. The Hall–Kier alpha value is -1.35. The summed E-state index contributed by atoms with van der Waals surface area (Å²) in [6.45, 7) is 7.93. The lowest BCUT2D eigenvalue weighted by atomic mass is 9.86. The minimum Gasteiger partial charge on any atom is -0.355 e. The molecule has 20 heavy (non-hydrogen) atoms. The number of nitrogens with one attached hydrogen (secondary N) is 2. The molecule has 1 saturated heterocycles. The van der Waals surface area contributed by atoms with Crippen molar-refractivity contribution in [1.82, 2.24) is 10.6 Å². The van der Waals surface area contributed by atoms with E-state index in [2.05, 4.69) is 42.7 Å². The van der Waals surface area contributed by atoms with Gasteiger partial charge in [-0.1, -0.05) is 18.2 Å². The molecule has 2 unspecified atom stereocenters. The van der Waals surface area contributed by atoms with Crippen LogP contribution in [0.4, 0.5) is 0 Å². The van der Waals surface area contributed by atoms with Gasteiger partial charge in [0.25, 0.3) is 0 Å². The average molecular weight is 274 g/mol. The van der Waals surface area contributed by atoms with E-state index in [1.807, 2.05) is 6.92 Å². The van der Waals surface area contributed by atoms with E-state index in [9.17, 15) is 4.79 Å². The van der Waals surface area contributed by atoms with E-state index >= 15 is 0 Å². The summed E-state index contributed by atoms with van der Waals surface area (Å²) in [5, 5.41) is 6.24. The lowest BCUT2D eigenvalue weighted by molar-refractivity contribution is -0.123. The van der Waals surface area contributed by atoms with Crippen molar-refractivity contribution < 1.29 is 4.79 Å². The number of carbonyl (C=O) groups excluding carboxylic acids is 1. The number of piperidine rings is 1. The van der Waals surface area contributed by atoms with Gasteiger partial charge in [0.15, 0.2) is 0 Å². The van der Waals surface area contributed by atoms with Gasteiger partial charge >= 0.3 is 0 Å². The lowest BCUT2D eigenvalue weighted by Crippen LogP contribution is -2.48. The quantitative estimate of drug-likeness (QED) is 0.885. The molecule has 110 valence electrons. The van der Waals surface area contributed by atoms with E-state index < -0.39 is 0 Å². The van der Waals surface area contributed by atoms with Gasteiger partial charge in [-0.25, -0.2) is 0 Å². The summed E-state index contributed by atoms with van der Waals surface area (Å²) in [6.07, 6.45) is 3.18. The summed E-state index contributed by atoms with van der Waals surface area (Å²) in [5.74, 6) is 0.753. The molecule has 1 aromatic rings. The zero-order valence-electron chi connectivity index (χ0n) is 12.8. The third kappa shape index (κ3) is 3.83. The van der Waals surface area contributed by atoms with E-state index in [0.29, 0.717) is 12.5 Å². The molecule has 0 spiro atoms. The number of hydrogen-bond donors (Lipinski definition) is 2. The Morgan fingerprint density at radius 2 is 2.15 bits per heavy atom. The first-order chi connectivity index (χ1) is 9.60. The van der Waals surface area contributed by atoms with Crippen LogP contribution in [-0.2, 0) is 11.2 Å². The van der Waals surface area contributed by atoms with Gasteiger partial charge in [0.2, 0.25) is 5.91 Å². The lowest BCUT2D eigenvalue weighted by Gasteiger charge is -2.29. The molecule has 0 radical (unpaired) electrons. The summed E-state index contributed by atoms with van der Waals surface area (Å²) in [4.78, 5) is 11.9.